The molecule has 2 aromatic carbocycles. The summed E-state index contributed by atoms with van der Waals surface area (Å²) in [7, 11) is 4.74. The van der Waals surface area contributed by atoms with E-state index in [4.69, 9.17) is 18.6 Å². The topological polar surface area (TPSA) is 108 Å². The van der Waals surface area contributed by atoms with Gasteiger partial charge in [-0.15, -0.1) is 0 Å². The first kappa shape index (κ1) is 21.0. The van der Waals surface area contributed by atoms with Crippen LogP contribution in [0.4, 0.5) is 6.01 Å². The Morgan fingerprint density at radius 2 is 1.81 bits per heavy atom. The lowest BCUT2D eigenvalue weighted by atomic mass is 10.2. The van der Waals surface area contributed by atoms with Crippen LogP contribution in [0.3, 0.4) is 0 Å². The van der Waals surface area contributed by atoms with Crippen molar-refractivity contribution in [2.75, 3.05) is 26.6 Å². The van der Waals surface area contributed by atoms with E-state index in [2.05, 4.69) is 20.6 Å². The highest BCUT2D eigenvalue weighted by molar-refractivity contribution is 5.92. The normalized spacial score (nSPS) is 10.6. The number of benzene rings is 2. The molecule has 2 heterocycles. The smallest absolute Gasteiger partial charge is 0.295 e. The number of hydrogen-bond donors (Lipinski definition) is 2. The Morgan fingerprint density at radius 3 is 2.59 bits per heavy atom. The molecule has 2 N–H and O–H groups in total. The monoisotopic (exact) mass is 434 g/mol. The molecule has 4 aromatic rings. The SMILES string of the molecule is CNC(=O)c1cc(Oc2ccc3nc(NCc4ccc(OC)c(OC)c4)oc3c2)ccn1. The second kappa shape index (κ2) is 9.25. The number of hydrogen-bond acceptors (Lipinski definition) is 8. The number of carbonyl (C=O) groups is 1. The number of rotatable bonds is 8. The largest absolute Gasteiger partial charge is 0.493 e. The van der Waals surface area contributed by atoms with Crippen LogP contribution in [0, 0.1) is 0 Å². The van der Waals surface area contributed by atoms with Gasteiger partial charge in [-0.1, -0.05) is 6.07 Å². The number of fused-ring (bicyclic) bond motifs is 1. The summed E-state index contributed by atoms with van der Waals surface area (Å²) in [6.45, 7) is 0.496. The lowest BCUT2D eigenvalue weighted by Gasteiger charge is -2.09. The summed E-state index contributed by atoms with van der Waals surface area (Å²) in [4.78, 5) is 20.2. The molecule has 4 rings (SSSR count). The summed E-state index contributed by atoms with van der Waals surface area (Å²) in [5.41, 5.74) is 2.51. The number of pyridine rings is 1. The molecule has 0 atom stereocenters. The van der Waals surface area contributed by atoms with E-state index < -0.39 is 0 Å². The molecule has 0 saturated carbocycles. The number of methoxy groups -OCH3 is 2. The Morgan fingerprint density at radius 1 is 1.00 bits per heavy atom. The van der Waals surface area contributed by atoms with Crippen molar-refractivity contribution in [2.45, 2.75) is 6.54 Å². The van der Waals surface area contributed by atoms with Gasteiger partial charge in [0, 0.05) is 31.9 Å². The van der Waals surface area contributed by atoms with E-state index in [-0.39, 0.29) is 11.6 Å². The lowest BCUT2D eigenvalue weighted by Crippen LogP contribution is -2.18. The van der Waals surface area contributed by atoms with Crippen LogP contribution in [-0.4, -0.2) is 37.1 Å². The Labute approximate surface area is 184 Å². The summed E-state index contributed by atoms with van der Waals surface area (Å²) in [6, 6.07) is 14.6. The van der Waals surface area contributed by atoms with Gasteiger partial charge >= 0.3 is 0 Å². The molecule has 9 nitrogen and oxygen atoms in total. The molecule has 0 fully saturated rings. The molecule has 164 valence electrons. The van der Waals surface area contributed by atoms with Crippen molar-refractivity contribution in [3.63, 3.8) is 0 Å². The first-order chi connectivity index (χ1) is 15.6. The van der Waals surface area contributed by atoms with E-state index in [1.54, 1.807) is 51.6 Å². The average molecular weight is 434 g/mol. The number of aromatic nitrogens is 2. The molecular weight excluding hydrogens is 412 g/mol. The minimum Gasteiger partial charge on any atom is -0.493 e. The number of oxazole rings is 1. The molecule has 0 saturated heterocycles. The first-order valence-electron chi connectivity index (χ1n) is 9.81. The van der Waals surface area contributed by atoms with Crippen molar-refractivity contribution >= 4 is 23.0 Å². The zero-order chi connectivity index (χ0) is 22.5. The van der Waals surface area contributed by atoms with Crippen LogP contribution in [0.1, 0.15) is 16.1 Å². The van der Waals surface area contributed by atoms with Crippen molar-refractivity contribution in [1.29, 1.82) is 0 Å². The molecule has 32 heavy (non-hydrogen) atoms. The fourth-order valence-corrected chi connectivity index (χ4v) is 3.08. The molecule has 0 unspecified atom stereocenters. The van der Waals surface area contributed by atoms with Crippen LogP contribution in [0.15, 0.2) is 59.1 Å². The number of amides is 1. The number of nitrogens with zero attached hydrogens (tertiary/aromatic N) is 2. The molecule has 0 radical (unpaired) electrons. The minimum absolute atomic E-state index is 0.271. The van der Waals surface area contributed by atoms with Crippen LogP contribution in [-0.2, 0) is 6.54 Å². The van der Waals surface area contributed by atoms with Gasteiger partial charge in [-0.05, 0) is 35.9 Å². The minimum atomic E-state index is -0.286. The van der Waals surface area contributed by atoms with E-state index in [0.717, 1.165) is 5.56 Å². The Bertz CT molecular complexity index is 1250. The second-order valence-corrected chi connectivity index (χ2v) is 6.75. The molecular formula is C23H22N4O5. The fraction of sp³-hybridized carbons (Fsp3) is 0.174. The maximum absolute atomic E-state index is 11.8. The van der Waals surface area contributed by atoms with Gasteiger partial charge in [-0.2, -0.15) is 4.98 Å². The summed E-state index contributed by atoms with van der Waals surface area (Å²) in [6.07, 6.45) is 1.52. The van der Waals surface area contributed by atoms with E-state index in [1.165, 1.54) is 6.20 Å². The molecule has 9 heteroatoms. The molecule has 0 bridgehead atoms. The maximum Gasteiger partial charge on any atom is 0.295 e. The van der Waals surface area contributed by atoms with E-state index in [9.17, 15) is 4.79 Å². The number of carbonyl (C=O) groups excluding carboxylic acids is 1. The fourth-order valence-electron chi connectivity index (χ4n) is 3.08. The quantitative estimate of drug-likeness (QED) is 0.428. The number of anilines is 1. The van der Waals surface area contributed by atoms with Crippen molar-refractivity contribution in [3.8, 4) is 23.0 Å². The molecule has 0 spiro atoms. The lowest BCUT2D eigenvalue weighted by molar-refractivity contribution is 0.0958. The summed E-state index contributed by atoms with van der Waals surface area (Å²) in [5, 5.41) is 5.70. The van der Waals surface area contributed by atoms with Crippen molar-refractivity contribution in [2.24, 2.45) is 0 Å². The molecule has 0 aliphatic heterocycles. The highest BCUT2D eigenvalue weighted by Crippen LogP contribution is 2.29. The first-order valence-corrected chi connectivity index (χ1v) is 9.81. The Kier molecular flexibility index (Phi) is 6.07. The van der Waals surface area contributed by atoms with Gasteiger partial charge in [-0.25, -0.2) is 0 Å². The van der Waals surface area contributed by atoms with E-state index in [1.807, 2.05) is 18.2 Å². The molecule has 2 aromatic heterocycles. The predicted molar refractivity (Wildman–Crippen MR) is 119 cm³/mol. The van der Waals surface area contributed by atoms with Crippen LogP contribution in [0.5, 0.6) is 23.0 Å². The standard InChI is InChI=1S/C23H22N4O5/c1-24-22(28)18-11-16(8-9-25-18)31-15-5-6-17-20(12-15)32-23(27-17)26-13-14-4-7-19(29-2)21(10-14)30-3/h4-12H,13H2,1-3H3,(H,24,28)(H,26,27). The van der Waals surface area contributed by atoms with Crippen LogP contribution in [0.25, 0.3) is 11.1 Å². The van der Waals surface area contributed by atoms with Crippen LogP contribution in [0.2, 0.25) is 0 Å². The number of nitrogens with one attached hydrogen (secondary N) is 2. The number of ether oxygens (including phenoxy) is 3. The van der Waals surface area contributed by atoms with Crippen molar-refractivity contribution in [1.82, 2.24) is 15.3 Å². The van der Waals surface area contributed by atoms with Gasteiger partial charge < -0.3 is 29.3 Å². The van der Waals surface area contributed by atoms with E-state index in [0.29, 0.717) is 46.7 Å². The van der Waals surface area contributed by atoms with E-state index >= 15 is 0 Å². The third-order valence-electron chi connectivity index (χ3n) is 4.68. The predicted octanol–water partition coefficient (Wildman–Crippen LogP) is 4.00. The van der Waals surface area contributed by atoms with Gasteiger partial charge in [-0.3, -0.25) is 9.78 Å². The zero-order valence-electron chi connectivity index (χ0n) is 17.8. The maximum atomic E-state index is 11.8. The van der Waals surface area contributed by atoms with Crippen LogP contribution < -0.4 is 24.8 Å². The highest BCUT2D eigenvalue weighted by Gasteiger charge is 2.11. The van der Waals surface area contributed by atoms with Gasteiger partial charge in [0.15, 0.2) is 17.1 Å². The summed E-state index contributed by atoms with van der Waals surface area (Å²) in [5.74, 6) is 2.08. The van der Waals surface area contributed by atoms with Gasteiger partial charge in [0.2, 0.25) is 0 Å². The van der Waals surface area contributed by atoms with Gasteiger partial charge in [0.05, 0.1) is 14.2 Å². The average Bonchev–Trinajstić information content (AvgIpc) is 3.24. The van der Waals surface area contributed by atoms with Gasteiger partial charge in [0.1, 0.15) is 22.7 Å². The summed E-state index contributed by atoms with van der Waals surface area (Å²) >= 11 is 0. The Balaban J connectivity index is 1.47. The van der Waals surface area contributed by atoms with Crippen molar-refractivity contribution < 1.29 is 23.4 Å². The Hall–Kier alpha value is -4.27. The third kappa shape index (κ3) is 4.56. The molecule has 0 aliphatic rings. The van der Waals surface area contributed by atoms with Crippen LogP contribution >= 0.6 is 0 Å². The third-order valence-corrected chi connectivity index (χ3v) is 4.68. The summed E-state index contributed by atoms with van der Waals surface area (Å²) < 4.78 is 22.3. The highest BCUT2D eigenvalue weighted by atomic mass is 16.5. The molecule has 1 amide bonds. The van der Waals surface area contributed by atoms with Gasteiger partial charge in [0.25, 0.3) is 11.9 Å². The molecule has 0 aliphatic carbocycles. The second-order valence-electron chi connectivity index (χ2n) is 6.75. The van der Waals surface area contributed by atoms with Crippen molar-refractivity contribution in [3.05, 3.63) is 66.0 Å². The zero-order valence-corrected chi connectivity index (χ0v) is 17.8.